The van der Waals surface area contributed by atoms with Crippen LogP contribution in [0.3, 0.4) is 0 Å². The molecule has 3 aromatic rings. The van der Waals surface area contributed by atoms with Crippen molar-refractivity contribution in [3.63, 3.8) is 0 Å². The molecule has 0 unspecified atom stereocenters. The smallest absolute Gasteiger partial charge is 0.225 e. The Morgan fingerprint density at radius 2 is 1.38 bits per heavy atom. The molecule has 3 aromatic carbocycles. The van der Waals surface area contributed by atoms with E-state index in [9.17, 15) is 9.59 Å². The van der Waals surface area contributed by atoms with E-state index < -0.39 is 0 Å². The van der Waals surface area contributed by atoms with Crippen LogP contribution in [-0.2, 0) is 4.79 Å². The summed E-state index contributed by atoms with van der Waals surface area (Å²) in [5, 5.41) is 2.95. The second-order valence-electron chi connectivity index (χ2n) is 8.49. The highest BCUT2D eigenvalue weighted by Crippen LogP contribution is 2.19. The number of hydrogen-bond donors (Lipinski definition) is 1. The van der Waals surface area contributed by atoms with Gasteiger partial charge in [0.25, 0.3) is 0 Å². The lowest BCUT2D eigenvalue weighted by Gasteiger charge is -2.34. The maximum Gasteiger partial charge on any atom is 0.225 e. The average molecular weight is 454 g/mol. The number of carbonyl (C=O) groups excluding carboxylic acids is 2. The predicted octanol–water partition coefficient (Wildman–Crippen LogP) is 4.58. The first-order chi connectivity index (χ1) is 16.7. The summed E-state index contributed by atoms with van der Waals surface area (Å²) >= 11 is 0. The van der Waals surface area contributed by atoms with E-state index in [2.05, 4.69) is 39.4 Å². The van der Waals surface area contributed by atoms with Gasteiger partial charge in [-0.05, 0) is 17.7 Å². The maximum atomic E-state index is 12.9. The topological polar surface area (TPSA) is 52.7 Å². The number of nitrogens with zero attached hydrogens (tertiary/aromatic N) is 2. The van der Waals surface area contributed by atoms with E-state index in [1.807, 2.05) is 48.5 Å². The number of nitrogens with one attached hydrogen (secondary N) is 1. The SMILES string of the molecule is O=C(CCN1CCN(C/C=C/c2ccccc2)CC1)Nc1ccccc1C(=O)c1ccccc1. The fourth-order valence-electron chi connectivity index (χ4n) is 4.10. The Morgan fingerprint density at radius 1 is 0.765 bits per heavy atom. The van der Waals surface area contributed by atoms with Gasteiger partial charge in [-0.15, -0.1) is 0 Å². The van der Waals surface area contributed by atoms with Crippen LogP contribution in [0.15, 0.2) is 91.0 Å². The number of benzene rings is 3. The first-order valence-corrected chi connectivity index (χ1v) is 11.8. The summed E-state index contributed by atoms with van der Waals surface area (Å²) < 4.78 is 0. The quantitative estimate of drug-likeness (QED) is 0.482. The first-order valence-electron chi connectivity index (χ1n) is 11.8. The normalized spacial score (nSPS) is 14.8. The Balaban J connectivity index is 1.22. The van der Waals surface area contributed by atoms with Crippen molar-refractivity contribution in [2.24, 2.45) is 0 Å². The zero-order chi connectivity index (χ0) is 23.6. The Hall–Kier alpha value is -3.54. The lowest BCUT2D eigenvalue weighted by atomic mass is 10.0. The molecule has 0 saturated carbocycles. The largest absolute Gasteiger partial charge is 0.325 e. The van der Waals surface area contributed by atoms with Gasteiger partial charge in [0.15, 0.2) is 5.78 Å². The van der Waals surface area contributed by atoms with E-state index in [1.165, 1.54) is 5.56 Å². The molecule has 1 aliphatic rings. The molecule has 1 N–H and O–H groups in total. The zero-order valence-corrected chi connectivity index (χ0v) is 19.4. The summed E-state index contributed by atoms with van der Waals surface area (Å²) in [7, 11) is 0. The third-order valence-corrected chi connectivity index (χ3v) is 6.08. The zero-order valence-electron chi connectivity index (χ0n) is 19.4. The van der Waals surface area contributed by atoms with Gasteiger partial charge in [-0.2, -0.15) is 0 Å². The van der Waals surface area contributed by atoms with Crippen molar-refractivity contribution in [2.75, 3.05) is 44.6 Å². The van der Waals surface area contributed by atoms with Gasteiger partial charge in [0.05, 0.1) is 5.69 Å². The van der Waals surface area contributed by atoms with Gasteiger partial charge in [-0.3, -0.25) is 14.5 Å². The minimum absolute atomic E-state index is 0.0680. The standard InChI is InChI=1S/C29H31N3O2/c33-28(30-27-16-8-7-15-26(27)29(34)25-13-5-2-6-14-25)17-19-32-22-20-31(21-23-32)18-9-12-24-10-3-1-4-11-24/h1-16H,17-23H2,(H,30,33)/b12-9+. The van der Waals surface area contributed by atoms with Gasteiger partial charge >= 0.3 is 0 Å². The number of carbonyl (C=O) groups is 2. The van der Waals surface area contributed by atoms with Crippen molar-refractivity contribution in [1.82, 2.24) is 9.80 Å². The van der Waals surface area contributed by atoms with Crippen molar-refractivity contribution in [2.45, 2.75) is 6.42 Å². The fourth-order valence-corrected chi connectivity index (χ4v) is 4.10. The number of ketones is 1. The van der Waals surface area contributed by atoms with Crippen LogP contribution in [0.1, 0.15) is 27.9 Å². The molecule has 5 heteroatoms. The molecule has 1 fully saturated rings. The van der Waals surface area contributed by atoms with Crippen molar-refractivity contribution >= 4 is 23.5 Å². The molecule has 174 valence electrons. The molecule has 4 rings (SSSR count). The monoisotopic (exact) mass is 453 g/mol. The molecular weight excluding hydrogens is 422 g/mol. The summed E-state index contributed by atoms with van der Waals surface area (Å²) in [6.07, 6.45) is 4.78. The Kier molecular flexibility index (Phi) is 8.38. The predicted molar refractivity (Wildman–Crippen MR) is 138 cm³/mol. The van der Waals surface area contributed by atoms with Crippen LogP contribution >= 0.6 is 0 Å². The van der Waals surface area contributed by atoms with E-state index in [1.54, 1.807) is 24.3 Å². The summed E-state index contributed by atoms with van der Waals surface area (Å²) in [6.45, 7) is 5.55. The van der Waals surface area contributed by atoms with Crippen LogP contribution in [0.25, 0.3) is 6.08 Å². The molecule has 34 heavy (non-hydrogen) atoms. The van der Waals surface area contributed by atoms with Crippen LogP contribution in [-0.4, -0.2) is 60.8 Å². The number of hydrogen-bond acceptors (Lipinski definition) is 4. The summed E-state index contributed by atoms with van der Waals surface area (Å²) in [4.78, 5) is 30.3. The second-order valence-corrected chi connectivity index (χ2v) is 8.49. The molecule has 1 aliphatic heterocycles. The number of anilines is 1. The third-order valence-electron chi connectivity index (χ3n) is 6.08. The number of rotatable bonds is 9. The minimum Gasteiger partial charge on any atom is -0.325 e. The molecule has 5 nitrogen and oxygen atoms in total. The molecule has 0 spiro atoms. The number of para-hydroxylation sites is 1. The molecule has 0 aromatic heterocycles. The minimum atomic E-state index is -0.0889. The van der Waals surface area contributed by atoms with Gasteiger partial charge < -0.3 is 10.2 Å². The highest BCUT2D eigenvalue weighted by molar-refractivity contribution is 6.13. The summed E-state index contributed by atoms with van der Waals surface area (Å²) in [5.74, 6) is -0.157. The Bertz CT molecular complexity index is 1100. The molecule has 0 atom stereocenters. The second kappa shape index (κ2) is 12.1. The van der Waals surface area contributed by atoms with Crippen LogP contribution in [0.2, 0.25) is 0 Å². The molecular formula is C29H31N3O2. The van der Waals surface area contributed by atoms with E-state index in [-0.39, 0.29) is 11.7 Å². The highest BCUT2D eigenvalue weighted by atomic mass is 16.1. The first kappa shape index (κ1) is 23.6. The third kappa shape index (κ3) is 6.73. The number of amides is 1. The summed E-state index contributed by atoms with van der Waals surface area (Å²) in [5.41, 5.74) is 2.91. The lowest BCUT2D eigenvalue weighted by Crippen LogP contribution is -2.46. The van der Waals surface area contributed by atoms with E-state index in [4.69, 9.17) is 0 Å². The molecule has 0 radical (unpaired) electrons. The molecule has 1 saturated heterocycles. The summed E-state index contributed by atoms with van der Waals surface area (Å²) in [6, 6.07) is 26.7. The molecule has 0 bridgehead atoms. The van der Waals surface area contributed by atoms with E-state index in [0.717, 1.165) is 32.7 Å². The van der Waals surface area contributed by atoms with Crippen LogP contribution in [0.5, 0.6) is 0 Å². The van der Waals surface area contributed by atoms with Crippen molar-refractivity contribution in [1.29, 1.82) is 0 Å². The Labute approximate surface area is 201 Å². The van der Waals surface area contributed by atoms with Gasteiger partial charge in [-0.25, -0.2) is 0 Å². The van der Waals surface area contributed by atoms with E-state index in [0.29, 0.717) is 29.8 Å². The fraction of sp³-hybridized carbons (Fsp3) is 0.241. The lowest BCUT2D eigenvalue weighted by molar-refractivity contribution is -0.116. The number of piperazine rings is 1. The highest BCUT2D eigenvalue weighted by Gasteiger charge is 2.18. The van der Waals surface area contributed by atoms with E-state index >= 15 is 0 Å². The van der Waals surface area contributed by atoms with Crippen molar-refractivity contribution in [3.8, 4) is 0 Å². The maximum absolute atomic E-state index is 12.9. The van der Waals surface area contributed by atoms with Gasteiger partial charge in [0, 0.05) is 56.8 Å². The van der Waals surface area contributed by atoms with Crippen molar-refractivity contribution < 1.29 is 9.59 Å². The average Bonchev–Trinajstić information content (AvgIpc) is 2.89. The van der Waals surface area contributed by atoms with Crippen LogP contribution in [0, 0.1) is 0 Å². The molecule has 1 amide bonds. The van der Waals surface area contributed by atoms with Crippen LogP contribution in [0.4, 0.5) is 5.69 Å². The molecule has 0 aliphatic carbocycles. The van der Waals surface area contributed by atoms with Gasteiger partial charge in [0.1, 0.15) is 0 Å². The van der Waals surface area contributed by atoms with Gasteiger partial charge in [-0.1, -0.05) is 84.9 Å². The van der Waals surface area contributed by atoms with Crippen LogP contribution < -0.4 is 5.32 Å². The van der Waals surface area contributed by atoms with Gasteiger partial charge in [0.2, 0.25) is 5.91 Å². The molecule has 1 heterocycles. The van der Waals surface area contributed by atoms with Crippen molar-refractivity contribution in [3.05, 3.63) is 108 Å². The Morgan fingerprint density at radius 3 is 2.12 bits per heavy atom.